The second-order valence-corrected chi connectivity index (χ2v) is 15.7. The lowest BCUT2D eigenvalue weighted by Gasteiger charge is -2.36. The summed E-state index contributed by atoms with van der Waals surface area (Å²) >= 11 is 25.6. The van der Waals surface area contributed by atoms with Gasteiger partial charge in [0.25, 0.3) is 0 Å². The molecule has 2 aromatic carbocycles. The largest absolute Gasteiger partial charge is 0.383 e. The van der Waals surface area contributed by atoms with Gasteiger partial charge in [-0.05, 0) is 95.2 Å². The van der Waals surface area contributed by atoms with Crippen molar-refractivity contribution in [2.24, 2.45) is 23.7 Å². The SMILES string of the molecule is CC(C1CC1)C(O)(Cn1ncnc1SSc1ncnn1CC(O)(c1ccc(Cl)cc1Cl)C(C)C1CC1)c1ccc(Cl)cc1Cl. The van der Waals surface area contributed by atoms with Crippen LogP contribution in [-0.4, -0.2) is 39.7 Å². The third-order valence-corrected chi connectivity index (χ3v) is 12.3. The van der Waals surface area contributed by atoms with E-state index in [2.05, 4.69) is 34.0 Å². The fraction of sp³-hybridized carbons (Fsp3) is 0.467. The Morgan fingerprint density at radius 1 is 0.727 bits per heavy atom. The Balaban J connectivity index is 1.23. The van der Waals surface area contributed by atoms with E-state index in [4.69, 9.17) is 46.4 Å². The molecule has 4 aromatic rings. The van der Waals surface area contributed by atoms with Gasteiger partial charge in [0.1, 0.15) is 23.9 Å². The number of aliphatic hydroxyl groups is 2. The number of aromatic nitrogens is 6. The van der Waals surface area contributed by atoms with E-state index in [1.807, 2.05) is 0 Å². The standard InChI is InChI=1S/C30H32Cl4N6O2S2/c1-17(19-3-4-19)29(41,23-9-7-21(31)11-25(23)33)13-39-27(35-15-37-39)43-44-28-36-16-38-40(28)14-30(42,18(2)20-5-6-20)24-10-8-22(32)12-26(24)34/h7-12,15-20,41-42H,3-6,13-14H2,1-2H3. The first-order valence-corrected chi connectivity index (χ1v) is 18.1. The van der Waals surface area contributed by atoms with Gasteiger partial charge < -0.3 is 10.2 Å². The molecule has 2 fully saturated rings. The third kappa shape index (κ3) is 6.65. The van der Waals surface area contributed by atoms with E-state index in [0.29, 0.717) is 53.4 Å². The first-order chi connectivity index (χ1) is 21.0. The van der Waals surface area contributed by atoms with Gasteiger partial charge in [-0.25, -0.2) is 19.3 Å². The number of rotatable bonds is 13. The third-order valence-electron chi connectivity index (χ3n) is 9.09. The Kier molecular flexibility index (Phi) is 9.55. The Morgan fingerprint density at radius 2 is 1.11 bits per heavy atom. The Bertz CT molecular complexity index is 1530. The van der Waals surface area contributed by atoms with Crippen molar-refractivity contribution in [3.63, 3.8) is 0 Å². The van der Waals surface area contributed by atoms with Crippen molar-refractivity contribution in [2.75, 3.05) is 0 Å². The van der Waals surface area contributed by atoms with E-state index in [-0.39, 0.29) is 24.9 Å². The zero-order valence-corrected chi connectivity index (χ0v) is 28.7. The van der Waals surface area contributed by atoms with Gasteiger partial charge in [0.15, 0.2) is 10.3 Å². The first kappa shape index (κ1) is 32.4. The number of halogens is 4. The maximum atomic E-state index is 12.2. The van der Waals surface area contributed by atoms with Crippen LogP contribution in [0.25, 0.3) is 0 Å². The quantitative estimate of drug-likeness (QED) is 0.134. The van der Waals surface area contributed by atoms with E-state index in [9.17, 15) is 10.2 Å². The molecule has 44 heavy (non-hydrogen) atoms. The summed E-state index contributed by atoms with van der Waals surface area (Å²) in [5.74, 6) is 0.657. The Labute approximate surface area is 284 Å². The van der Waals surface area contributed by atoms with Crippen molar-refractivity contribution in [3.8, 4) is 0 Å². The van der Waals surface area contributed by atoms with Gasteiger partial charge in [-0.2, -0.15) is 10.2 Å². The summed E-state index contributed by atoms with van der Waals surface area (Å²) in [6.45, 7) is 4.44. The fourth-order valence-corrected chi connectivity index (χ4v) is 9.08. The van der Waals surface area contributed by atoms with Crippen LogP contribution in [0.4, 0.5) is 0 Å². The van der Waals surface area contributed by atoms with Crippen molar-refractivity contribution in [3.05, 3.63) is 80.3 Å². The van der Waals surface area contributed by atoms with E-state index in [0.717, 1.165) is 25.7 Å². The van der Waals surface area contributed by atoms with Crippen LogP contribution in [0.1, 0.15) is 50.7 Å². The molecule has 0 saturated heterocycles. The second kappa shape index (κ2) is 13.0. The molecule has 8 nitrogen and oxygen atoms in total. The van der Waals surface area contributed by atoms with E-state index in [1.165, 1.54) is 34.2 Å². The topological polar surface area (TPSA) is 102 Å². The number of nitrogens with zero attached hydrogens (tertiary/aromatic N) is 6. The molecule has 0 radical (unpaired) electrons. The molecule has 0 aliphatic heterocycles. The van der Waals surface area contributed by atoms with Gasteiger partial charge in [-0.3, -0.25) is 0 Å². The monoisotopic (exact) mass is 712 g/mol. The molecule has 14 heteroatoms. The maximum Gasteiger partial charge on any atom is 0.197 e. The molecule has 6 rings (SSSR count). The van der Waals surface area contributed by atoms with E-state index >= 15 is 0 Å². The van der Waals surface area contributed by atoms with E-state index < -0.39 is 11.2 Å². The lowest BCUT2D eigenvalue weighted by Crippen LogP contribution is -2.40. The van der Waals surface area contributed by atoms with Crippen molar-refractivity contribution in [1.82, 2.24) is 29.5 Å². The number of hydrogen-bond donors (Lipinski definition) is 2. The van der Waals surface area contributed by atoms with Crippen molar-refractivity contribution in [2.45, 2.75) is 74.1 Å². The minimum absolute atomic E-state index is 0.0650. The molecule has 4 unspecified atom stereocenters. The highest BCUT2D eigenvalue weighted by Gasteiger charge is 2.47. The zero-order valence-electron chi connectivity index (χ0n) is 24.1. The highest BCUT2D eigenvalue weighted by molar-refractivity contribution is 8.76. The highest BCUT2D eigenvalue weighted by Crippen LogP contribution is 2.50. The molecule has 234 valence electrons. The molecule has 0 bridgehead atoms. The first-order valence-electron chi connectivity index (χ1n) is 14.5. The van der Waals surface area contributed by atoms with Crippen LogP contribution >= 0.6 is 68.0 Å². The number of hydrogen-bond acceptors (Lipinski definition) is 8. The van der Waals surface area contributed by atoms with Crippen LogP contribution in [0, 0.1) is 23.7 Å². The van der Waals surface area contributed by atoms with Crippen LogP contribution in [-0.2, 0) is 24.3 Å². The van der Waals surface area contributed by atoms with Crippen molar-refractivity contribution >= 4 is 68.0 Å². The van der Waals surface area contributed by atoms with Crippen molar-refractivity contribution < 1.29 is 10.2 Å². The lowest BCUT2D eigenvalue weighted by molar-refractivity contribution is -0.0464. The van der Waals surface area contributed by atoms with Crippen LogP contribution in [0.2, 0.25) is 20.1 Å². The maximum absolute atomic E-state index is 12.2. The van der Waals surface area contributed by atoms with Crippen molar-refractivity contribution in [1.29, 1.82) is 0 Å². The normalized spacial score (nSPS) is 19.4. The van der Waals surface area contributed by atoms with Crippen LogP contribution in [0.3, 0.4) is 0 Å². The lowest BCUT2D eigenvalue weighted by atomic mass is 9.79. The summed E-state index contributed by atoms with van der Waals surface area (Å²) < 4.78 is 3.39. The van der Waals surface area contributed by atoms with Crippen LogP contribution in [0.15, 0.2) is 59.4 Å². The zero-order chi connectivity index (χ0) is 31.2. The summed E-state index contributed by atoms with van der Waals surface area (Å²) in [7, 11) is 2.70. The summed E-state index contributed by atoms with van der Waals surface area (Å²) in [4.78, 5) is 8.95. The molecule has 2 heterocycles. The predicted octanol–water partition coefficient (Wildman–Crippen LogP) is 8.15. The van der Waals surface area contributed by atoms with Gasteiger partial charge in [0.05, 0.1) is 13.1 Å². The van der Waals surface area contributed by atoms with Gasteiger partial charge in [0.2, 0.25) is 0 Å². The Morgan fingerprint density at radius 3 is 1.45 bits per heavy atom. The minimum Gasteiger partial charge on any atom is -0.383 e. The van der Waals surface area contributed by atoms with Gasteiger partial charge in [0, 0.05) is 31.2 Å². The molecule has 0 amide bonds. The number of benzene rings is 2. The molecule has 0 spiro atoms. The van der Waals surface area contributed by atoms with Gasteiger partial charge in [-0.15, -0.1) is 0 Å². The second-order valence-electron chi connectivity index (χ2n) is 11.9. The minimum atomic E-state index is -1.29. The predicted molar refractivity (Wildman–Crippen MR) is 176 cm³/mol. The highest BCUT2D eigenvalue weighted by atomic mass is 35.5. The smallest absolute Gasteiger partial charge is 0.197 e. The average Bonchev–Trinajstić information content (AvgIpc) is 3.91. The molecule has 2 aromatic heterocycles. The van der Waals surface area contributed by atoms with Crippen LogP contribution < -0.4 is 0 Å². The summed E-state index contributed by atoms with van der Waals surface area (Å²) in [5.41, 5.74) is -1.34. The molecule has 2 aliphatic rings. The van der Waals surface area contributed by atoms with Crippen LogP contribution in [0.5, 0.6) is 0 Å². The van der Waals surface area contributed by atoms with Gasteiger partial charge in [-0.1, -0.05) is 72.4 Å². The summed E-state index contributed by atoms with van der Waals surface area (Å²) in [6, 6.07) is 10.4. The summed E-state index contributed by atoms with van der Waals surface area (Å²) in [6.07, 6.45) is 7.19. The summed E-state index contributed by atoms with van der Waals surface area (Å²) in [5, 5.41) is 36.3. The van der Waals surface area contributed by atoms with E-state index in [1.54, 1.807) is 45.8 Å². The molecule has 4 atom stereocenters. The molecule has 2 N–H and O–H groups in total. The Hall–Kier alpha value is -1.50. The molecule has 2 saturated carbocycles. The fourth-order valence-electron chi connectivity index (χ4n) is 5.99. The van der Waals surface area contributed by atoms with Gasteiger partial charge >= 0.3 is 0 Å². The average molecular weight is 715 g/mol. The molecular formula is C30H32Cl4N6O2S2. The molecule has 2 aliphatic carbocycles. The molecular weight excluding hydrogens is 682 g/mol.